The Morgan fingerprint density at radius 3 is 2.88 bits per heavy atom. The first-order valence-corrected chi connectivity index (χ1v) is 5.07. The molecule has 1 aromatic heterocycles. The molecule has 2 aromatic rings. The summed E-state index contributed by atoms with van der Waals surface area (Å²) in [4.78, 5) is 15.7. The van der Waals surface area contributed by atoms with E-state index in [0.29, 0.717) is 5.82 Å². The summed E-state index contributed by atoms with van der Waals surface area (Å²) in [7, 11) is 1.75. The summed E-state index contributed by atoms with van der Waals surface area (Å²) in [6, 6.07) is 6.37. The number of nitrogens with one attached hydrogen (secondary N) is 1. The molecule has 0 saturated heterocycles. The molecule has 1 aromatic carbocycles. The van der Waals surface area contributed by atoms with Crippen LogP contribution in [-0.2, 0) is 13.6 Å². The molecule has 0 fully saturated rings. The Morgan fingerprint density at radius 2 is 2.24 bits per heavy atom. The molecule has 1 amide bonds. The standard InChI is InChI=1S/C11H12N4O2/c1-15-7-13-10(14-15)6-12-11(17)8-4-2-3-5-9(8)16/h2-5,7,16H,6H2,1H3,(H,12,17). The minimum absolute atomic E-state index is 0.0426. The van der Waals surface area contributed by atoms with E-state index in [0.717, 1.165) is 0 Å². The highest BCUT2D eigenvalue weighted by Gasteiger charge is 2.10. The molecule has 88 valence electrons. The van der Waals surface area contributed by atoms with E-state index < -0.39 is 0 Å². The molecular weight excluding hydrogens is 220 g/mol. The first-order chi connectivity index (χ1) is 8.16. The Hall–Kier alpha value is -2.37. The lowest BCUT2D eigenvalue weighted by Crippen LogP contribution is -2.23. The molecule has 0 aliphatic rings. The number of hydrogen-bond acceptors (Lipinski definition) is 4. The van der Waals surface area contributed by atoms with Crippen molar-refractivity contribution in [1.29, 1.82) is 0 Å². The van der Waals surface area contributed by atoms with Gasteiger partial charge >= 0.3 is 0 Å². The van der Waals surface area contributed by atoms with Crippen molar-refractivity contribution >= 4 is 5.91 Å². The number of aryl methyl sites for hydroxylation is 1. The van der Waals surface area contributed by atoms with Crippen LogP contribution in [-0.4, -0.2) is 25.8 Å². The van der Waals surface area contributed by atoms with Crippen LogP contribution in [0, 0.1) is 0 Å². The SMILES string of the molecule is Cn1cnc(CNC(=O)c2ccccc2O)n1. The molecule has 0 bridgehead atoms. The summed E-state index contributed by atoms with van der Waals surface area (Å²) in [5, 5.41) is 16.1. The zero-order valence-corrected chi connectivity index (χ0v) is 9.29. The lowest BCUT2D eigenvalue weighted by Gasteiger charge is -2.04. The van der Waals surface area contributed by atoms with E-state index >= 15 is 0 Å². The van der Waals surface area contributed by atoms with Gasteiger partial charge in [0.1, 0.15) is 12.1 Å². The number of rotatable bonds is 3. The van der Waals surface area contributed by atoms with Gasteiger partial charge in [0.25, 0.3) is 5.91 Å². The first-order valence-electron chi connectivity index (χ1n) is 5.07. The maximum atomic E-state index is 11.7. The zero-order chi connectivity index (χ0) is 12.3. The maximum Gasteiger partial charge on any atom is 0.255 e. The second-order valence-corrected chi connectivity index (χ2v) is 3.53. The number of nitrogens with zero attached hydrogens (tertiary/aromatic N) is 3. The summed E-state index contributed by atoms with van der Waals surface area (Å²) < 4.78 is 1.56. The Morgan fingerprint density at radius 1 is 1.47 bits per heavy atom. The Kier molecular flexibility index (Phi) is 3.04. The van der Waals surface area contributed by atoms with Crippen molar-refractivity contribution in [1.82, 2.24) is 20.1 Å². The van der Waals surface area contributed by atoms with Gasteiger partial charge in [0.15, 0.2) is 5.82 Å². The normalized spacial score (nSPS) is 10.2. The van der Waals surface area contributed by atoms with Crippen LogP contribution in [0.1, 0.15) is 16.2 Å². The number of aromatic nitrogens is 3. The average molecular weight is 232 g/mol. The molecule has 0 aliphatic carbocycles. The molecule has 1 heterocycles. The average Bonchev–Trinajstić information content (AvgIpc) is 2.73. The van der Waals surface area contributed by atoms with Gasteiger partial charge in [0.2, 0.25) is 0 Å². The number of carbonyl (C=O) groups is 1. The lowest BCUT2D eigenvalue weighted by atomic mass is 10.2. The third-order valence-corrected chi connectivity index (χ3v) is 2.20. The van der Waals surface area contributed by atoms with Crippen LogP contribution in [0.15, 0.2) is 30.6 Å². The van der Waals surface area contributed by atoms with Crippen molar-refractivity contribution in [2.45, 2.75) is 6.54 Å². The number of para-hydroxylation sites is 1. The van der Waals surface area contributed by atoms with E-state index in [4.69, 9.17) is 0 Å². The Balaban J connectivity index is 2.01. The Bertz CT molecular complexity index is 536. The van der Waals surface area contributed by atoms with Crippen molar-refractivity contribution in [3.05, 3.63) is 42.0 Å². The van der Waals surface area contributed by atoms with E-state index in [1.807, 2.05) is 0 Å². The smallest absolute Gasteiger partial charge is 0.255 e. The molecule has 6 heteroatoms. The van der Waals surface area contributed by atoms with Gasteiger partial charge < -0.3 is 10.4 Å². The number of phenolic OH excluding ortho intramolecular Hbond substituents is 1. The third kappa shape index (κ3) is 2.60. The van der Waals surface area contributed by atoms with Gasteiger partial charge in [0, 0.05) is 7.05 Å². The van der Waals surface area contributed by atoms with Crippen molar-refractivity contribution in [2.75, 3.05) is 0 Å². The topological polar surface area (TPSA) is 80.0 Å². The first kappa shape index (κ1) is 11.1. The molecule has 0 aliphatic heterocycles. The van der Waals surface area contributed by atoms with Crippen LogP contribution in [0.25, 0.3) is 0 Å². The van der Waals surface area contributed by atoms with Crippen LogP contribution >= 0.6 is 0 Å². The van der Waals surface area contributed by atoms with Crippen molar-refractivity contribution < 1.29 is 9.90 Å². The molecule has 0 saturated carbocycles. The zero-order valence-electron chi connectivity index (χ0n) is 9.29. The summed E-state index contributed by atoms with van der Waals surface area (Å²) in [5.74, 6) is 0.130. The summed E-state index contributed by atoms with van der Waals surface area (Å²) in [6.45, 7) is 0.230. The molecule has 0 spiro atoms. The third-order valence-electron chi connectivity index (χ3n) is 2.20. The van der Waals surface area contributed by atoms with Crippen molar-refractivity contribution in [2.24, 2.45) is 7.05 Å². The molecule has 0 atom stereocenters. The molecule has 0 radical (unpaired) electrons. The fourth-order valence-corrected chi connectivity index (χ4v) is 1.39. The van der Waals surface area contributed by atoms with Gasteiger partial charge in [-0.25, -0.2) is 4.98 Å². The van der Waals surface area contributed by atoms with Gasteiger partial charge in [-0.05, 0) is 12.1 Å². The van der Waals surface area contributed by atoms with E-state index in [9.17, 15) is 9.90 Å². The monoisotopic (exact) mass is 232 g/mol. The number of aromatic hydroxyl groups is 1. The predicted octanol–water partition coefficient (Wildman–Crippen LogP) is 0.451. The number of amides is 1. The Labute approximate surface area is 97.9 Å². The van der Waals surface area contributed by atoms with Gasteiger partial charge in [-0.15, -0.1) is 0 Å². The van der Waals surface area contributed by atoms with Crippen LogP contribution in [0.3, 0.4) is 0 Å². The highest BCUT2D eigenvalue weighted by molar-refractivity contribution is 5.96. The number of hydrogen-bond donors (Lipinski definition) is 2. The largest absolute Gasteiger partial charge is 0.507 e. The van der Waals surface area contributed by atoms with Gasteiger partial charge in [0.05, 0.1) is 12.1 Å². The number of phenols is 1. The van der Waals surface area contributed by atoms with Crippen LogP contribution < -0.4 is 5.32 Å². The minimum atomic E-state index is -0.351. The highest BCUT2D eigenvalue weighted by Crippen LogP contribution is 2.14. The second kappa shape index (κ2) is 4.65. The van der Waals surface area contributed by atoms with Crippen LogP contribution in [0.4, 0.5) is 0 Å². The molecule has 0 unspecified atom stereocenters. The van der Waals surface area contributed by atoms with E-state index in [2.05, 4.69) is 15.4 Å². The summed E-state index contributed by atoms with van der Waals surface area (Å²) in [6.07, 6.45) is 1.56. The van der Waals surface area contributed by atoms with E-state index in [-0.39, 0.29) is 23.8 Å². The molecule has 2 N–H and O–H groups in total. The van der Waals surface area contributed by atoms with Crippen molar-refractivity contribution in [3.8, 4) is 5.75 Å². The maximum absolute atomic E-state index is 11.7. The van der Waals surface area contributed by atoms with Crippen LogP contribution in [0.2, 0.25) is 0 Å². The van der Waals surface area contributed by atoms with Gasteiger partial charge in [-0.1, -0.05) is 12.1 Å². The fourth-order valence-electron chi connectivity index (χ4n) is 1.39. The van der Waals surface area contributed by atoms with Crippen LogP contribution in [0.5, 0.6) is 5.75 Å². The van der Waals surface area contributed by atoms with Gasteiger partial charge in [-0.2, -0.15) is 5.10 Å². The molecule has 17 heavy (non-hydrogen) atoms. The van der Waals surface area contributed by atoms with E-state index in [1.165, 1.54) is 6.07 Å². The molecular formula is C11H12N4O2. The summed E-state index contributed by atoms with van der Waals surface area (Å²) in [5.41, 5.74) is 0.239. The fraction of sp³-hybridized carbons (Fsp3) is 0.182. The predicted molar refractivity (Wildman–Crippen MR) is 60.3 cm³/mol. The minimum Gasteiger partial charge on any atom is -0.507 e. The van der Waals surface area contributed by atoms with Gasteiger partial charge in [-0.3, -0.25) is 9.48 Å². The lowest BCUT2D eigenvalue weighted by molar-refractivity contribution is 0.0947. The molecule has 2 rings (SSSR count). The molecule has 6 nitrogen and oxygen atoms in total. The quantitative estimate of drug-likeness (QED) is 0.805. The van der Waals surface area contributed by atoms with Crippen molar-refractivity contribution in [3.63, 3.8) is 0 Å². The summed E-state index contributed by atoms with van der Waals surface area (Å²) >= 11 is 0. The number of carbonyl (C=O) groups excluding carboxylic acids is 1. The van der Waals surface area contributed by atoms with E-state index in [1.54, 1.807) is 36.3 Å². The second-order valence-electron chi connectivity index (χ2n) is 3.53. The highest BCUT2D eigenvalue weighted by atomic mass is 16.3. The number of benzene rings is 1.